The van der Waals surface area contributed by atoms with Gasteiger partial charge in [-0.05, 0) is 65.8 Å². The summed E-state index contributed by atoms with van der Waals surface area (Å²) in [7, 11) is 0. The van der Waals surface area contributed by atoms with Gasteiger partial charge in [-0.1, -0.05) is 87.7 Å². The van der Waals surface area contributed by atoms with Gasteiger partial charge in [0.05, 0.1) is 0 Å². The zero-order valence-electron chi connectivity index (χ0n) is 15.9. The number of hydrogen-bond acceptors (Lipinski definition) is 0. The van der Waals surface area contributed by atoms with Crippen LogP contribution < -0.4 is 0 Å². The molecule has 0 amide bonds. The lowest BCUT2D eigenvalue weighted by atomic mass is 9.87. The van der Waals surface area contributed by atoms with Crippen LogP contribution in [0.5, 0.6) is 0 Å². The van der Waals surface area contributed by atoms with Crippen LogP contribution >= 0.6 is 0 Å². The van der Waals surface area contributed by atoms with E-state index in [1.807, 2.05) is 0 Å². The largest absolute Gasteiger partial charge is 0.0805 e. The van der Waals surface area contributed by atoms with E-state index in [1.54, 1.807) is 0 Å². The van der Waals surface area contributed by atoms with E-state index < -0.39 is 0 Å². The Morgan fingerprint density at radius 1 is 0.800 bits per heavy atom. The van der Waals surface area contributed by atoms with Crippen molar-refractivity contribution >= 4 is 5.57 Å². The van der Waals surface area contributed by atoms with Crippen molar-refractivity contribution in [2.45, 2.75) is 65.2 Å². The molecule has 132 valence electrons. The van der Waals surface area contributed by atoms with E-state index >= 15 is 0 Å². The van der Waals surface area contributed by atoms with Gasteiger partial charge < -0.3 is 0 Å². The predicted molar refractivity (Wildman–Crippen MR) is 111 cm³/mol. The van der Waals surface area contributed by atoms with E-state index in [4.69, 9.17) is 0 Å². The zero-order valence-corrected chi connectivity index (χ0v) is 15.9. The van der Waals surface area contributed by atoms with Crippen molar-refractivity contribution in [2.24, 2.45) is 5.92 Å². The molecule has 0 saturated carbocycles. The molecule has 0 heteroatoms. The molecular formula is C25H32. The summed E-state index contributed by atoms with van der Waals surface area (Å²) < 4.78 is 0. The lowest BCUT2D eigenvalue weighted by Gasteiger charge is -2.18. The van der Waals surface area contributed by atoms with Crippen LogP contribution in [0.3, 0.4) is 0 Å². The molecule has 1 atom stereocenters. The Kier molecular flexibility index (Phi) is 6.50. The summed E-state index contributed by atoms with van der Waals surface area (Å²) in [5.41, 5.74) is 7.06. The Morgan fingerprint density at radius 3 is 2.04 bits per heavy atom. The lowest BCUT2D eigenvalue weighted by molar-refractivity contribution is 0.534. The summed E-state index contributed by atoms with van der Waals surface area (Å²) >= 11 is 0. The monoisotopic (exact) mass is 332 g/mol. The maximum Gasteiger partial charge on any atom is -0.0184 e. The quantitative estimate of drug-likeness (QED) is 0.456. The summed E-state index contributed by atoms with van der Waals surface area (Å²) in [6, 6.07) is 18.3. The predicted octanol–water partition coefficient (Wildman–Crippen LogP) is 7.68. The molecule has 0 saturated heterocycles. The summed E-state index contributed by atoms with van der Waals surface area (Å²) in [6.45, 7) is 4.62. The maximum atomic E-state index is 2.44. The third-order valence-electron chi connectivity index (χ3n) is 5.54. The van der Waals surface area contributed by atoms with Gasteiger partial charge in [-0.15, -0.1) is 0 Å². The molecule has 0 radical (unpaired) electrons. The smallest absolute Gasteiger partial charge is 0.0184 e. The van der Waals surface area contributed by atoms with Gasteiger partial charge in [0.25, 0.3) is 0 Å². The van der Waals surface area contributed by atoms with Crippen molar-refractivity contribution in [3.8, 4) is 11.1 Å². The molecule has 0 aromatic heterocycles. The first-order chi connectivity index (χ1) is 12.3. The van der Waals surface area contributed by atoms with Gasteiger partial charge in [0, 0.05) is 0 Å². The second-order valence-electron chi connectivity index (χ2n) is 7.69. The van der Waals surface area contributed by atoms with Gasteiger partial charge in [-0.2, -0.15) is 0 Å². The van der Waals surface area contributed by atoms with Crippen molar-refractivity contribution in [1.29, 1.82) is 0 Å². The van der Waals surface area contributed by atoms with E-state index in [9.17, 15) is 0 Å². The van der Waals surface area contributed by atoms with Gasteiger partial charge in [0.2, 0.25) is 0 Å². The van der Waals surface area contributed by atoms with Crippen molar-refractivity contribution in [2.75, 3.05) is 0 Å². The van der Waals surface area contributed by atoms with E-state index in [0.29, 0.717) is 0 Å². The molecule has 0 spiro atoms. The number of unbranched alkanes of at least 4 members (excludes halogenated alkanes) is 3. The third kappa shape index (κ3) is 5.08. The highest BCUT2D eigenvalue weighted by Gasteiger charge is 2.11. The highest BCUT2D eigenvalue weighted by molar-refractivity contribution is 5.71. The van der Waals surface area contributed by atoms with Gasteiger partial charge in [-0.25, -0.2) is 0 Å². The molecule has 0 N–H and O–H groups in total. The Morgan fingerprint density at radius 2 is 1.44 bits per heavy atom. The number of allylic oxidation sites excluding steroid dienone is 2. The van der Waals surface area contributed by atoms with Crippen LogP contribution in [0.25, 0.3) is 16.7 Å². The molecule has 0 bridgehead atoms. The van der Waals surface area contributed by atoms with E-state index in [2.05, 4.69) is 68.5 Å². The number of rotatable bonds is 7. The fourth-order valence-corrected chi connectivity index (χ4v) is 3.72. The van der Waals surface area contributed by atoms with Crippen molar-refractivity contribution < 1.29 is 0 Å². The minimum absolute atomic E-state index is 0.850. The fourth-order valence-electron chi connectivity index (χ4n) is 3.72. The van der Waals surface area contributed by atoms with Crippen LogP contribution in [0.15, 0.2) is 54.6 Å². The van der Waals surface area contributed by atoms with Gasteiger partial charge in [0.1, 0.15) is 0 Å². The second kappa shape index (κ2) is 9.04. The Labute approximate surface area is 154 Å². The summed E-state index contributed by atoms with van der Waals surface area (Å²) in [4.78, 5) is 0. The van der Waals surface area contributed by atoms with E-state index in [0.717, 1.165) is 5.92 Å². The van der Waals surface area contributed by atoms with E-state index in [-0.39, 0.29) is 0 Å². The first kappa shape index (κ1) is 18.0. The number of hydrogen-bond donors (Lipinski definition) is 0. The standard InChI is InChI=1S/C25H32/c1-3-4-5-6-7-21-10-14-23(15-11-21)25-18-16-24(17-19-25)22-12-8-20(2)9-13-22/h10-12,14-20H,3-9,13H2,1-2H3. The molecule has 1 unspecified atom stereocenters. The minimum Gasteiger partial charge on any atom is -0.0805 e. The minimum atomic E-state index is 0.850. The molecule has 0 nitrogen and oxygen atoms in total. The van der Waals surface area contributed by atoms with Crippen LogP contribution in [0, 0.1) is 5.92 Å². The molecule has 1 aliphatic carbocycles. The highest BCUT2D eigenvalue weighted by atomic mass is 14.2. The number of benzene rings is 2. The van der Waals surface area contributed by atoms with Crippen LogP contribution in [-0.2, 0) is 6.42 Å². The van der Waals surface area contributed by atoms with E-state index in [1.165, 1.54) is 79.2 Å². The SMILES string of the molecule is CCCCCCc1ccc(-c2ccc(C3=CCC(C)CC3)cc2)cc1. The van der Waals surface area contributed by atoms with Crippen LogP contribution in [-0.4, -0.2) is 0 Å². The summed E-state index contributed by atoms with van der Waals surface area (Å²) in [6.07, 6.45) is 12.8. The highest BCUT2D eigenvalue weighted by Crippen LogP contribution is 2.31. The Bertz CT molecular complexity index is 673. The lowest BCUT2D eigenvalue weighted by Crippen LogP contribution is -2.00. The van der Waals surface area contributed by atoms with Crippen LogP contribution in [0.4, 0.5) is 0 Å². The molecule has 25 heavy (non-hydrogen) atoms. The van der Waals surface area contributed by atoms with Gasteiger partial charge in [-0.3, -0.25) is 0 Å². The van der Waals surface area contributed by atoms with Crippen LogP contribution in [0.2, 0.25) is 0 Å². The molecule has 0 heterocycles. The maximum absolute atomic E-state index is 2.44. The van der Waals surface area contributed by atoms with Crippen molar-refractivity contribution in [3.63, 3.8) is 0 Å². The molecule has 1 aliphatic rings. The topological polar surface area (TPSA) is 0 Å². The summed E-state index contributed by atoms with van der Waals surface area (Å²) in [5.74, 6) is 0.850. The first-order valence-electron chi connectivity index (χ1n) is 10.1. The molecule has 0 fully saturated rings. The molecule has 0 aliphatic heterocycles. The Hall–Kier alpha value is -1.82. The molecule has 2 aromatic carbocycles. The molecular weight excluding hydrogens is 300 g/mol. The van der Waals surface area contributed by atoms with Crippen LogP contribution in [0.1, 0.15) is 69.9 Å². The average Bonchev–Trinajstić information content (AvgIpc) is 2.67. The molecule has 2 aromatic rings. The third-order valence-corrected chi connectivity index (χ3v) is 5.54. The van der Waals surface area contributed by atoms with Gasteiger partial charge in [0.15, 0.2) is 0 Å². The molecule has 3 rings (SSSR count). The Balaban J connectivity index is 1.62. The van der Waals surface area contributed by atoms with Crippen molar-refractivity contribution in [1.82, 2.24) is 0 Å². The van der Waals surface area contributed by atoms with Crippen molar-refractivity contribution in [3.05, 3.63) is 65.7 Å². The zero-order chi connectivity index (χ0) is 17.5. The number of aryl methyl sites for hydroxylation is 1. The summed E-state index contributed by atoms with van der Waals surface area (Å²) in [5, 5.41) is 0. The second-order valence-corrected chi connectivity index (χ2v) is 7.69. The normalized spacial score (nSPS) is 17.4. The average molecular weight is 333 g/mol. The fraction of sp³-hybridized carbons (Fsp3) is 0.440. The van der Waals surface area contributed by atoms with Gasteiger partial charge >= 0.3 is 0 Å². The first-order valence-corrected chi connectivity index (χ1v) is 10.1.